The fourth-order valence-electron chi connectivity index (χ4n) is 4.16. The van der Waals surface area contributed by atoms with Crippen molar-refractivity contribution in [3.63, 3.8) is 0 Å². The van der Waals surface area contributed by atoms with Gasteiger partial charge in [-0.2, -0.15) is 0 Å². The number of aldehydes is 1. The molecule has 0 atom stereocenters. The van der Waals surface area contributed by atoms with Gasteiger partial charge in [-0.25, -0.2) is 0 Å². The highest BCUT2D eigenvalue weighted by Gasteiger charge is 2.48. The Morgan fingerprint density at radius 2 is 1.78 bits per heavy atom. The number of nitrogens with zero attached hydrogens (tertiary/aromatic N) is 1. The zero-order valence-electron chi connectivity index (χ0n) is 16.9. The van der Waals surface area contributed by atoms with Crippen molar-refractivity contribution < 1.29 is 19.2 Å². The molecule has 1 aliphatic rings. The van der Waals surface area contributed by atoms with Gasteiger partial charge in [-0.05, 0) is 52.5 Å². The minimum absolute atomic E-state index is 0.0434. The third kappa shape index (κ3) is 5.39. The molecule has 1 aliphatic heterocycles. The number of benzene rings is 1. The maximum absolute atomic E-state index is 12.5. The number of rotatable bonds is 6. The summed E-state index contributed by atoms with van der Waals surface area (Å²) in [4.78, 5) is 40.8. The van der Waals surface area contributed by atoms with Crippen LogP contribution in [0.3, 0.4) is 0 Å². The molecule has 0 aliphatic carbocycles. The average molecular weight is 374 g/mol. The highest BCUT2D eigenvalue weighted by atomic mass is 16.7. The van der Waals surface area contributed by atoms with Crippen LogP contribution >= 0.6 is 0 Å². The molecule has 1 aromatic rings. The summed E-state index contributed by atoms with van der Waals surface area (Å²) in [6.07, 6.45) is 2.84. The van der Waals surface area contributed by atoms with E-state index in [0.717, 1.165) is 11.8 Å². The molecule has 0 radical (unpaired) electrons. The fraction of sp³-hybridized carbons (Fsp3) is 0.571. The first-order valence-electron chi connectivity index (χ1n) is 9.36. The molecular formula is C21H30N2O4. The Kier molecular flexibility index (Phi) is 6.42. The van der Waals surface area contributed by atoms with Gasteiger partial charge in [0.25, 0.3) is 0 Å². The lowest BCUT2D eigenvalue weighted by molar-refractivity contribution is -0.268. The lowest BCUT2D eigenvalue weighted by atomic mass is 9.79. The van der Waals surface area contributed by atoms with Crippen molar-refractivity contribution in [2.45, 2.75) is 77.4 Å². The zero-order chi connectivity index (χ0) is 20.2. The van der Waals surface area contributed by atoms with Crippen molar-refractivity contribution in [2.24, 2.45) is 0 Å². The van der Waals surface area contributed by atoms with Gasteiger partial charge in [0.05, 0.1) is 17.5 Å². The second-order valence-corrected chi connectivity index (χ2v) is 8.50. The molecule has 1 fully saturated rings. The SMILES string of the molecule is CC(=O)NC1CC(C)(C)N(OC(=O)CCc2ccccc2C=O)C(C)(C)C1. The van der Waals surface area contributed by atoms with Crippen LogP contribution in [0.25, 0.3) is 0 Å². The van der Waals surface area contributed by atoms with Gasteiger partial charge in [0.2, 0.25) is 5.91 Å². The monoisotopic (exact) mass is 374 g/mol. The standard InChI is InChI=1S/C21H30N2O4/c1-15(25)22-18-12-20(2,3)23(21(4,5)13-18)27-19(26)11-10-16-8-6-7-9-17(16)14-24/h6-9,14,18H,10-13H2,1-5H3,(H,22,25). The van der Waals surface area contributed by atoms with Crippen LogP contribution in [-0.4, -0.2) is 40.3 Å². The topological polar surface area (TPSA) is 75.7 Å². The Morgan fingerprint density at radius 3 is 2.33 bits per heavy atom. The van der Waals surface area contributed by atoms with Crippen LogP contribution in [0.5, 0.6) is 0 Å². The molecule has 0 aromatic heterocycles. The molecule has 2 rings (SSSR count). The van der Waals surface area contributed by atoms with E-state index in [1.54, 1.807) is 17.2 Å². The summed E-state index contributed by atoms with van der Waals surface area (Å²) < 4.78 is 0. The van der Waals surface area contributed by atoms with Crippen LogP contribution < -0.4 is 5.32 Å². The summed E-state index contributed by atoms with van der Waals surface area (Å²) in [5.74, 6) is -0.374. The number of piperidine rings is 1. The Labute approximate surface area is 161 Å². The number of aryl methyl sites for hydroxylation is 1. The summed E-state index contributed by atoms with van der Waals surface area (Å²) >= 11 is 0. The average Bonchev–Trinajstić information content (AvgIpc) is 2.55. The maximum Gasteiger partial charge on any atom is 0.325 e. The quantitative estimate of drug-likeness (QED) is 0.775. The Morgan fingerprint density at radius 1 is 1.19 bits per heavy atom. The summed E-state index contributed by atoms with van der Waals surface area (Å²) in [5.41, 5.74) is 0.616. The molecule has 1 heterocycles. The number of carbonyl (C=O) groups is 3. The summed E-state index contributed by atoms with van der Waals surface area (Å²) in [5, 5.41) is 4.76. The number of hydroxylamine groups is 2. The third-order valence-corrected chi connectivity index (χ3v) is 4.97. The van der Waals surface area contributed by atoms with E-state index in [2.05, 4.69) is 5.32 Å². The van der Waals surface area contributed by atoms with Gasteiger partial charge in [0, 0.05) is 18.5 Å². The fourth-order valence-corrected chi connectivity index (χ4v) is 4.16. The van der Waals surface area contributed by atoms with Gasteiger partial charge in [0.1, 0.15) is 6.29 Å². The van der Waals surface area contributed by atoms with E-state index in [4.69, 9.17) is 4.84 Å². The van der Waals surface area contributed by atoms with E-state index < -0.39 is 11.1 Å². The highest BCUT2D eigenvalue weighted by Crippen LogP contribution is 2.38. The predicted molar refractivity (Wildman–Crippen MR) is 103 cm³/mol. The van der Waals surface area contributed by atoms with Crippen molar-refractivity contribution in [2.75, 3.05) is 0 Å². The first-order chi connectivity index (χ1) is 12.5. The first kappa shape index (κ1) is 21.1. The van der Waals surface area contributed by atoms with Crippen molar-refractivity contribution >= 4 is 18.2 Å². The molecule has 6 nitrogen and oxygen atoms in total. The Balaban J connectivity index is 2.03. The minimum atomic E-state index is -0.411. The van der Waals surface area contributed by atoms with Crippen molar-refractivity contribution in [1.82, 2.24) is 10.4 Å². The van der Waals surface area contributed by atoms with Crippen LogP contribution in [0.15, 0.2) is 24.3 Å². The molecule has 0 spiro atoms. The second kappa shape index (κ2) is 8.21. The van der Waals surface area contributed by atoms with Gasteiger partial charge >= 0.3 is 5.97 Å². The smallest absolute Gasteiger partial charge is 0.325 e. The Bertz CT molecular complexity index is 694. The third-order valence-electron chi connectivity index (χ3n) is 4.97. The first-order valence-corrected chi connectivity index (χ1v) is 9.36. The van der Waals surface area contributed by atoms with Gasteiger partial charge < -0.3 is 10.2 Å². The van der Waals surface area contributed by atoms with Crippen LogP contribution in [0.4, 0.5) is 0 Å². The Hall–Kier alpha value is -2.21. The van der Waals surface area contributed by atoms with E-state index in [0.29, 0.717) is 24.8 Å². The number of hydrogen-bond donors (Lipinski definition) is 1. The van der Waals surface area contributed by atoms with Crippen LogP contribution in [0.1, 0.15) is 69.8 Å². The molecular weight excluding hydrogens is 344 g/mol. The number of amides is 1. The van der Waals surface area contributed by atoms with E-state index in [1.165, 1.54) is 6.92 Å². The normalized spacial score (nSPS) is 19.3. The van der Waals surface area contributed by atoms with Crippen molar-refractivity contribution in [3.05, 3.63) is 35.4 Å². The number of hydrogen-bond acceptors (Lipinski definition) is 5. The van der Waals surface area contributed by atoms with Crippen molar-refractivity contribution in [3.8, 4) is 0 Å². The summed E-state index contributed by atoms with van der Waals surface area (Å²) in [6.45, 7) is 9.56. The van der Waals surface area contributed by atoms with Gasteiger partial charge in [0.15, 0.2) is 0 Å². The lowest BCUT2D eigenvalue weighted by Gasteiger charge is -2.52. The van der Waals surface area contributed by atoms with Gasteiger partial charge in [-0.15, -0.1) is 5.06 Å². The van der Waals surface area contributed by atoms with Crippen LogP contribution in [0, 0.1) is 0 Å². The molecule has 1 saturated heterocycles. The molecule has 1 aromatic carbocycles. The number of nitrogens with one attached hydrogen (secondary N) is 1. The zero-order valence-corrected chi connectivity index (χ0v) is 16.9. The minimum Gasteiger partial charge on any atom is -0.367 e. The number of carbonyl (C=O) groups excluding carboxylic acids is 3. The summed E-state index contributed by atoms with van der Waals surface area (Å²) in [6, 6.07) is 7.29. The summed E-state index contributed by atoms with van der Waals surface area (Å²) in [7, 11) is 0. The van der Waals surface area contributed by atoms with Crippen LogP contribution in [-0.2, 0) is 20.8 Å². The highest BCUT2D eigenvalue weighted by molar-refractivity contribution is 5.78. The molecule has 0 bridgehead atoms. The molecule has 27 heavy (non-hydrogen) atoms. The van der Waals surface area contributed by atoms with E-state index in [-0.39, 0.29) is 24.3 Å². The maximum atomic E-state index is 12.5. The molecule has 0 saturated carbocycles. The molecule has 1 N–H and O–H groups in total. The second-order valence-electron chi connectivity index (χ2n) is 8.50. The van der Waals surface area contributed by atoms with E-state index in [9.17, 15) is 14.4 Å². The lowest BCUT2D eigenvalue weighted by Crippen LogP contribution is -2.64. The largest absolute Gasteiger partial charge is 0.367 e. The van der Waals surface area contributed by atoms with Crippen molar-refractivity contribution in [1.29, 1.82) is 0 Å². The van der Waals surface area contributed by atoms with Crippen LogP contribution in [0.2, 0.25) is 0 Å². The molecule has 6 heteroatoms. The molecule has 1 amide bonds. The van der Waals surface area contributed by atoms with Gasteiger partial charge in [-0.1, -0.05) is 24.3 Å². The molecule has 0 unspecified atom stereocenters. The van der Waals surface area contributed by atoms with Gasteiger partial charge in [-0.3, -0.25) is 14.4 Å². The van der Waals surface area contributed by atoms with E-state index in [1.807, 2.05) is 39.8 Å². The predicted octanol–water partition coefficient (Wildman–Crippen LogP) is 3.05. The molecule has 148 valence electrons. The van der Waals surface area contributed by atoms with E-state index >= 15 is 0 Å².